The van der Waals surface area contributed by atoms with Crippen LogP contribution in [0.5, 0.6) is 0 Å². The predicted octanol–water partition coefficient (Wildman–Crippen LogP) is 3.43. The summed E-state index contributed by atoms with van der Waals surface area (Å²) in [6.07, 6.45) is -7.52. The van der Waals surface area contributed by atoms with Crippen molar-refractivity contribution < 1.29 is 67.0 Å². The first-order valence-electron chi connectivity index (χ1n) is 4.38. The van der Waals surface area contributed by atoms with Gasteiger partial charge in [0.05, 0.1) is 0 Å². The number of hydrogen-bond acceptors (Lipinski definition) is 1. The van der Waals surface area contributed by atoms with E-state index in [4.69, 9.17) is 5.11 Å². The van der Waals surface area contributed by atoms with Crippen LogP contribution in [0.25, 0.3) is 0 Å². The molecule has 0 atom stereocenters. The van der Waals surface area contributed by atoms with Crippen LogP contribution in [0.1, 0.15) is 0 Å². The van der Waals surface area contributed by atoms with Gasteiger partial charge in [-0.15, -0.1) is 0 Å². The Balaban J connectivity index is 0. The van der Waals surface area contributed by atoms with Crippen LogP contribution >= 0.6 is 0 Å². The van der Waals surface area contributed by atoms with E-state index in [0.29, 0.717) is 0 Å². The van der Waals surface area contributed by atoms with E-state index in [2.05, 4.69) is 0 Å². The van der Waals surface area contributed by atoms with E-state index >= 15 is 0 Å². The maximum atomic E-state index is 12.6. The number of hydrogen-bond donors (Lipinski definition) is 1. The first kappa shape index (κ1) is 25.4. The Morgan fingerprint density at radius 2 is 0.826 bits per heavy atom. The van der Waals surface area contributed by atoms with E-state index in [9.17, 15) is 61.9 Å². The van der Waals surface area contributed by atoms with Gasteiger partial charge in [0.25, 0.3) is 0 Å². The van der Waals surface area contributed by atoms with Gasteiger partial charge >= 0.3 is 41.8 Å². The van der Waals surface area contributed by atoms with Crippen molar-refractivity contribution in [3.63, 3.8) is 0 Å². The fraction of sp³-hybridized carbons (Fsp3) is 0.857. The zero-order valence-electron chi connectivity index (χ0n) is 10.3. The molecule has 1 radical (unpaired) electrons. The molecule has 0 saturated heterocycles. The summed E-state index contributed by atoms with van der Waals surface area (Å²) in [5, 5.41) is 7.55. The molecule has 0 aromatic carbocycles. The molecule has 0 amide bonds. The Kier molecular flexibility index (Phi) is 7.18. The topological polar surface area (TPSA) is 37.3 Å². The van der Waals surface area contributed by atoms with E-state index in [0.717, 1.165) is 0 Å². The van der Waals surface area contributed by atoms with Gasteiger partial charge in [-0.2, -0.15) is 57.1 Å². The van der Waals surface area contributed by atoms with Crippen LogP contribution in [-0.4, -0.2) is 98.2 Å². The molecule has 0 rings (SSSR count). The molecule has 2 nitrogen and oxygen atoms in total. The van der Waals surface area contributed by atoms with Crippen molar-refractivity contribution in [1.82, 2.24) is 0 Å². The van der Waals surface area contributed by atoms with E-state index in [1.165, 1.54) is 0 Å². The molecule has 0 unspecified atom stereocenters. The molecule has 0 aromatic heterocycles. The molecular formula is C7HF13KO2. The van der Waals surface area contributed by atoms with E-state index in [-0.39, 0.29) is 51.4 Å². The molecule has 0 aromatic rings. The molecule has 0 aliphatic carbocycles. The number of carboxylic acids is 1. The van der Waals surface area contributed by atoms with Crippen molar-refractivity contribution in [2.75, 3.05) is 0 Å². The summed E-state index contributed by atoms with van der Waals surface area (Å²) in [5.41, 5.74) is 0. The smallest absolute Gasteiger partial charge is 0.460 e. The number of halogens is 13. The van der Waals surface area contributed by atoms with Crippen LogP contribution in [0.15, 0.2) is 0 Å². The van der Waals surface area contributed by atoms with Crippen molar-refractivity contribution >= 4 is 57.4 Å². The molecule has 1 N–H and O–H groups in total. The van der Waals surface area contributed by atoms with Gasteiger partial charge in [0.2, 0.25) is 0 Å². The number of carboxylic acid groups (broad SMARTS) is 1. The second-order valence-corrected chi connectivity index (χ2v) is 3.67. The zero-order chi connectivity index (χ0) is 18.6. The molecule has 0 bridgehead atoms. The number of aliphatic carboxylic acids is 1. The van der Waals surface area contributed by atoms with Crippen molar-refractivity contribution in [2.24, 2.45) is 0 Å². The third-order valence-electron chi connectivity index (χ3n) is 2.20. The molecule has 0 saturated carbocycles. The normalized spacial score (nSPS) is 15.2. The summed E-state index contributed by atoms with van der Waals surface area (Å²) < 4.78 is 159. The molecule has 0 fully saturated rings. The summed E-state index contributed by atoms with van der Waals surface area (Å²) in [7, 11) is 0. The summed E-state index contributed by atoms with van der Waals surface area (Å²) in [4.78, 5) is 9.67. The predicted molar refractivity (Wildman–Crippen MR) is 44.2 cm³/mol. The first-order valence-corrected chi connectivity index (χ1v) is 4.38. The number of alkyl halides is 13. The van der Waals surface area contributed by atoms with Gasteiger partial charge in [-0.3, -0.25) is 0 Å². The van der Waals surface area contributed by atoms with Gasteiger partial charge in [-0.1, -0.05) is 0 Å². The SMILES string of the molecule is O=C(O)C(F)(F)C(F)(F)C(F)(F)C(F)(F)C(F)(F)C(F)(F)F.[K]. The van der Waals surface area contributed by atoms with Gasteiger partial charge in [-0.05, 0) is 0 Å². The summed E-state index contributed by atoms with van der Waals surface area (Å²) in [6, 6.07) is 0. The van der Waals surface area contributed by atoms with Gasteiger partial charge in [-0.25, -0.2) is 4.79 Å². The molecule has 16 heteroatoms. The second-order valence-electron chi connectivity index (χ2n) is 3.67. The fourth-order valence-corrected chi connectivity index (χ4v) is 0.904. The quantitative estimate of drug-likeness (QED) is 0.565. The van der Waals surface area contributed by atoms with Crippen LogP contribution in [0.2, 0.25) is 0 Å². The van der Waals surface area contributed by atoms with E-state index < -0.39 is 41.8 Å². The third-order valence-corrected chi connectivity index (χ3v) is 2.20. The standard InChI is InChI=1S/C7HF13O2.K/c8-2(9,1(21)22)3(10,11)4(12,13)5(14,15)6(16,17)7(18,19)20;/h(H,21,22);. The minimum absolute atomic E-state index is 0. The van der Waals surface area contributed by atoms with Gasteiger partial charge in [0.15, 0.2) is 0 Å². The summed E-state index contributed by atoms with van der Waals surface area (Å²) in [6.45, 7) is 0. The first-order chi connectivity index (χ1) is 9.19. The summed E-state index contributed by atoms with van der Waals surface area (Å²) in [5.74, 6) is -43.0. The Labute approximate surface area is 159 Å². The van der Waals surface area contributed by atoms with E-state index in [1.807, 2.05) is 0 Å². The van der Waals surface area contributed by atoms with Crippen LogP contribution in [0.3, 0.4) is 0 Å². The second kappa shape index (κ2) is 6.49. The average Bonchev–Trinajstić information content (AvgIpc) is 2.25. The number of carbonyl (C=O) groups is 1. The Bertz CT molecular complexity index is 454. The molecular weight excluding hydrogens is 402 g/mol. The van der Waals surface area contributed by atoms with Gasteiger partial charge < -0.3 is 5.11 Å². The molecule has 0 spiro atoms. The Hall–Kier alpha value is 0.196. The van der Waals surface area contributed by atoms with Crippen LogP contribution in [0.4, 0.5) is 57.1 Å². The van der Waals surface area contributed by atoms with Crippen LogP contribution < -0.4 is 0 Å². The van der Waals surface area contributed by atoms with Crippen LogP contribution in [-0.2, 0) is 4.79 Å². The fourth-order valence-electron chi connectivity index (χ4n) is 0.904. The van der Waals surface area contributed by atoms with Crippen molar-refractivity contribution in [3.05, 3.63) is 0 Å². The van der Waals surface area contributed by atoms with Gasteiger partial charge in [0.1, 0.15) is 0 Å². The van der Waals surface area contributed by atoms with Crippen molar-refractivity contribution in [3.8, 4) is 0 Å². The maximum absolute atomic E-state index is 12.6. The molecule has 0 heterocycles. The average molecular weight is 403 g/mol. The molecule has 0 aliphatic rings. The monoisotopic (exact) mass is 403 g/mol. The van der Waals surface area contributed by atoms with Crippen molar-refractivity contribution in [1.29, 1.82) is 0 Å². The summed E-state index contributed by atoms with van der Waals surface area (Å²) >= 11 is 0. The minimum Gasteiger partial charge on any atom is -0.477 e. The minimum atomic E-state index is -8.08. The Morgan fingerprint density at radius 3 is 1.04 bits per heavy atom. The molecule has 133 valence electrons. The zero-order valence-corrected chi connectivity index (χ0v) is 13.4. The number of rotatable bonds is 5. The molecule has 0 aliphatic heterocycles. The molecule has 23 heavy (non-hydrogen) atoms. The maximum Gasteiger partial charge on any atom is 0.460 e. The third kappa shape index (κ3) is 3.45. The van der Waals surface area contributed by atoms with Crippen LogP contribution in [0, 0.1) is 0 Å². The largest absolute Gasteiger partial charge is 0.477 e. The van der Waals surface area contributed by atoms with E-state index in [1.54, 1.807) is 0 Å². The van der Waals surface area contributed by atoms with Gasteiger partial charge in [0, 0.05) is 51.4 Å². The Morgan fingerprint density at radius 1 is 0.565 bits per heavy atom. The van der Waals surface area contributed by atoms with Crippen molar-refractivity contribution in [2.45, 2.75) is 35.8 Å².